The van der Waals surface area contributed by atoms with E-state index in [0.29, 0.717) is 32.1 Å². The van der Waals surface area contributed by atoms with Crippen LogP contribution < -0.4 is 0 Å². The summed E-state index contributed by atoms with van der Waals surface area (Å²) in [6.45, 7) is 1.96. The maximum absolute atomic E-state index is 14.9. The number of alkyl halides is 2. The number of aliphatic hydroxyl groups is 2. The summed E-state index contributed by atoms with van der Waals surface area (Å²) in [5.41, 5.74) is 0. The third-order valence-electron chi connectivity index (χ3n) is 5.80. The normalized spacial score (nSPS) is 35.4. The van der Waals surface area contributed by atoms with E-state index in [2.05, 4.69) is 0 Å². The van der Waals surface area contributed by atoms with Gasteiger partial charge in [-0.25, -0.2) is 8.78 Å². The van der Waals surface area contributed by atoms with Gasteiger partial charge in [0.1, 0.15) is 18.4 Å². The predicted octanol–water partition coefficient (Wildman–Crippen LogP) is 3.18. The van der Waals surface area contributed by atoms with E-state index in [9.17, 15) is 23.8 Å². The maximum Gasteiger partial charge on any atom is 0.303 e. The second-order valence-electron chi connectivity index (χ2n) is 7.79. The Balaban J connectivity index is 1.86. The molecule has 1 saturated carbocycles. The summed E-state index contributed by atoms with van der Waals surface area (Å²) < 4.78 is 34.5. The number of halogens is 2. The van der Waals surface area contributed by atoms with Gasteiger partial charge < -0.3 is 20.1 Å². The van der Waals surface area contributed by atoms with Crippen molar-refractivity contribution in [1.82, 2.24) is 0 Å². The maximum atomic E-state index is 14.9. The molecular formula is C20H32F2O5. The second kappa shape index (κ2) is 10.5. The zero-order valence-corrected chi connectivity index (χ0v) is 15.8. The zero-order chi connectivity index (χ0) is 20.0. The van der Waals surface area contributed by atoms with Crippen molar-refractivity contribution in [3.8, 4) is 0 Å². The van der Waals surface area contributed by atoms with E-state index >= 15 is 0 Å². The quantitative estimate of drug-likeness (QED) is 0.472. The number of ether oxygens (including phenoxy) is 1. The van der Waals surface area contributed by atoms with E-state index in [1.165, 1.54) is 0 Å². The monoisotopic (exact) mass is 390 g/mol. The molecule has 0 aromatic rings. The Hall–Kier alpha value is -1.05. The van der Waals surface area contributed by atoms with Crippen molar-refractivity contribution in [3.05, 3.63) is 12.2 Å². The molecule has 0 radical (unpaired) electrons. The number of carboxylic acid groups (broad SMARTS) is 1. The van der Waals surface area contributed by atoms with E-state index in [1.807, 2.05) is 6.92 Å². The first kappa shape index (κ1) is 22.2. The van der Waals surface area contributed by atoms with Crippen molar-refractivity contribution in [3.63, 3.8) is 0 Å². The smallest absolute Gasteiger partial charge is 0.303 e. The highest BCUT2D eigenvalue weighted by atomic mass is 19.1. The third kappa shape index (κ3) is 5.96. The predicted molar refractivity (Wildman–Crippen MR) is 96.8 cm³/mol. The molecule has 8 atom stereocenters. The number of unbranched alkanes of at least 4 members (excludes halogenated alkanes) is 1. The highest BCUT2D eigenvalue weighted by Gasteiger charge is 2.54. The van der Waals surface area contributed by atoms with Crippen LogP contribution in [0.4, 0.5) is 8.78 Å². The summed E-state index contributed by atoms with van der Waals surface area (Å²) in [6, 6.07) is 0. The molecule has 0 spiro atoms. The molecule has 0 amide bonds. The Morgan fingerprint density at radius 1 is 1.37 bits per heavy atom. The van der Waals surface area contributed by atoms with Crippen LogP contribution in [-0.4, -0.2) is 58.0 Å². The lowest BCUT2D eigenvalue weighted by molar-refractivity contribution is -0.136. The lowest BCUT2D eigenvalue weighted by atomic mass is 9.84. The SMILES string of the molecule is CCCCC(F)C(O)CC[C@H]1C(O)CC2OC(/C=C/CCC(=O)O)C(F)[C@@H]21. The first-order valence-corrected chi connectivity index (χ1v) is 10.0. The number of fused-ring (bicyclic) bond motifs is 1. The molecule has 0 aromatic carbocycles. The van der Waals surface area contributed by atoms with Gasteiger partial charge in [0.15, 0.2) is 0 Å². The molecule has 1 heterocycles. The minimum atomic E-state index is -1.29. The van der Waals surface area contributed by atoms with Gasteiger partial charge in [0, 0.05) is 18.8 Å². The molecule has 2 aliphatic rings. The molecule has 0 bridgehead atoms. The van der Waals surface area contributed by atoms with Crippen molar-refractivity contribution in [2.75, 3.05) is 0 Å². The first-order chi connectivity index (χ1) is 12.8. The average molecular weight is 390 g/mol. The Kier molecular flexibility index (Phi) is 8.63. The van der Waals surface area contributed by atoms with Crippen LogP contribution >= 0.6 is 0 Å². The van der Waals surface area contributed by atoms with E-state index in [-0.39, 0.29) is 18.8 Å². The molecule has 0 aromatic heterocycles. The van der Waals surface area contributed by atoms with E-state index in [0.717, 1.165) is 6.42 Å². The number of carboxylic acids is 1. The molecule has 6 unspecified atom stereocenters. The molecule has 2 rings (SSSR count). The third-order valence-corrected chi connectivity index (χ3v) is 5.80. The van der Waals surface area contributed by atoms with Gasteiger partial charge in [-0.15, -0.1) is 0 Å². The number of carbonyl (C=O) groups is 1. The molecule has 1 aliphatic carbocycles. The fourth-order valence-electron chi connectivity index (χ4n) is 4.29. The van der Waals surface area contributed by atoms with Crippen LogP contribution in [0.15, 0.2) is 12.2 Å². The number of rotatable bonds is 11. The van der Waals surface area contributed by atoms with Crippen LogP contribution in [0, 0.1) is 11.8 Å². The summed E-state index contributed by atoms with van der Waals surface area (Å²) in [4.78, 5) is 10.5. The second-order valence-corrected chi connectivity index (χ2v) is 7.79. The average Bonchev–Trinajstić information content (AvgIpc) is 3.09. The Bertz CT molecular complexity index is 501. The molecule has 5 nitrogen and oxygen atoms in total. The standard InChI is InChI=1S/C20H32F2O5/c1-2-3-6-13(21)14(23)10-9-12-15(24)11-17-19(12)20(22)16(27-17)7-4-5-8-18(25)26/h4,7,12-17,19-20,23-24H,2-3,5-6,8-11H2,1H3,(H,25,26)/b7-4+/t12-,13?,14?,15?,16?,17?,19+,20?/m0/s1. The minimum Gasteiger partial charge on any atom is -0.481 e. The van der Waals surface area contributed by atoms with Crippen LogP contribution in [-0.2, 0) is 9.53 Å². The molecule has 1 saturated heterocycles. The molecule has 27 heavy (non-hydrogen) atoms. The van der Waals surface area contributed by atoms with Crippen molar-refractivity contribution < 1.29 is 33.6 Å². The fraction of sp³-hybridized carbons (Fsp3) is 0.850. The van der Waals surface area contributed by atoms with Gasteiger partial charge in [0.05, 0.1) is 18.3 Å². The number of hydrogen-bond donors (Lipinski definition) is 3. The van der Waals surface area contributed by atoms with Crippen LogP contribution in [0.2, 0.25) is 0 Å². The van der Waals surface area contributed by atoms with Gasteiger partial charge in [0.2, 0.25) is 0 Å². The molecular weight excluding hydrogens is 358 g/mol. The van der Waals surface area contributed by atoms with Crippen molar-refractivity contribution in [1.29, 1.82) is 0 Å². The van der Waals surface area contributed by atoms with Gasteiger partial charge in [-0.3, -0.25) is 4.79 Å². The van der Waals surface area contributed by atoms with E-state index in [1.54, 1.807) is 12.2 Å². The van der Waals surface area contributed by atoms with Crippen LogP contribution in [0.1, 0.15) is 58.3 Å². The van der Waals surface area contributed by atoms with Crippen molar-refractivity contribution >= 4 is 5.97 Å². The zero-order valence-electron chi connectivity index (χ0n) is 15.8. The number of hydrogen-bond acceptors (Lipinski definition) is 4. The minimum absolute atomic E-state index is 0.0192. The van der Waals surface area contributed by atoms with Crippen LogP contribution in [0.5, 0.6) is 0 Å². The Morgan fingerprint density at radius 3 is 2.78 bits per heavy atom. The summed E-state index contributed by atoms with van der Waals surface area (Å²) in [6.07, 6.45) is 0.723. The van der Waals surface area contributed by atoms with Crippen molar-refractivity contribution in [2.24, 2.45) is 11.8 Å². The summed E-state index contributed by atoms with van der Waals surface area (Å²) in [7, 11) is 0. The van der Waals surface area contributed by atoms with E-state index in [4.69, 9.17) is 9.84 Å². The number of aliphatic carboxylic acids is 1. The van der Waals surface area contributed by atoms with Crippen LogP contribution in [0.25, 0.3) is 0 Å². The summed E-state index contributed by atoms with van der Waals surface area (Å²) in [5, 5.41) is 28.9. The lowest BCUT2D eigenvalue weighted by Gasteiger charge is -2.25. The molecule has 3 N–H and O–H groups in total. The van der Waals surface area contributed by atoms with Gasteiger partial charge in [-0.1, -0.05) is 31.9 Å². The molecule has 2 fully saturated rings. The lowest BCUT2D eigenvalue weighted by Crippen LogP contribution is -2.31. The van der Waals surface area contributed by atoms with Gasteiger partial charge in [-0.2, -0.15) is 0 Å². The largest absolute Gasteiger partial charge is 0.481 e. The Morgan fingerprint density at radius 2 is 2.11 bits per heavy atom. The first-order valence-electron chi connectivity index (χ1n) is 10.0. The van der Waals surface area contributed by atoms with Crippen molar-refractivity contribution in [2.45, 2.75) is 95.0 Å². The summed E-state index contributed by atoms with van der Waals surface area (Å²) >= 11 is 0. The molecule has 1 aliphatic heterocycles. The topological polar surface area (TPSA) is 87.0 Å². The van der Waals surface area contributed by atoms with Gasteiger partial charge in [-0.05, 0) is 31.6 Å². The number of aliphatic hydroxyl groups excluding tert-OH is 2. The van der Waals surface area contributed by atoms with Gasteiger partial charge in [0.25, 0.3) is 0 Å². The highest BCUT2D eigenvalue weighted by molar-refractivity contribution is 5.66. The van der Waals surface area contributed by atoms with E-state index < -0.39 is 48.6 Å². The summed E-state index contributed by atoms with van der Waals surface area (Å²) in [5.74, 6) is -1.75. The number of allylic oxidation sites excluding steroid dienone is 1. The van der Waals surface area contributed by atoms with Crippen LogP contribution in [0.3, 0.4) is 0 Å². The molecule has 156 valence electrons. The fourth-order valence-corrected chi connectivity index (χ4v) is 4.29. The Labute approximate surface area is 159 Å². The molecule has 7 heteroatoms. The van der Waals surface area contributed by atoms with Gasteiger partial charge >= 0.3 is 5.97 Å². The highest BCUT2D eigenvalue weighted by Crippen LogP contribution is 2.47.